The number of thioether (sulfide) groups is 1. The fourth-order valence-corrected chi connectivity index (χ4v) is 2.70. The molecule has 0 radical (unpaired) electrons. The second-order valence-electron chi connectivity index (χ2n) is 5.33. The van der Waals surface area contributed by atoms with Crippen molar-refractivity contribution in [3.05, 3.63) is 48.0 Å². The highest BCUT2D eigenvalue weighted by molar-refractivity contribution is 8.00. The number of furan rings is 1. The molecule has 1 amide bonds. The number of hydrogen-bond donors (Lipinski definition) is 2. The van der Waals surface area contributed by atoms with Crippen LogP contribution in [0, 0.1) is 6.92 Å². The van der Waals surface area contributed by atoms with Crippen LogP contribution in [0.5, 0.6) is 0 Å². The molecule has 6 heteroatoms. The molecule has 5 nitrogen and oxygen atoms in total. The SMILES string of the molecule is Cc1ccc(C(C)(O)CNC(=O)C(C)Sc2ccccn2)o1. The van der Waals surface area contributed by atoms with Crippen molar-refractivity contribution in [1.82, 2.24) is 10.3 Å². The van der Waals surface area contributed by atoms with Gasteiger partial charge in [0.15, 0.2) is 0 Å². The standard InChI is InChI=1S/C16H20N2O3S/c1-11-7-8-13(21-11)16(3,20)10-18-15(19)12(2)22-14-6-4-5-9-17-14/h4-9,12,20H,10H2,1-3H3,(H,18,19). The normalized spacial score (nSPS) is 15.1. The molecular weight excluding hydrogens is 300 g/mol. The van der Waals surface area contributed by atoms with Crippen LogP contribution in [0.15, 0.2) is 46.0 Å². The molecule has 0 spiro atoms. The van der Waals surface area contributed by atoms with Gasteiger partial charge in [-0.3, -0.25) is 4.79 Å². The van der Waals surface area contributed by atoms with Crippen LogP contribution in [-0.2, 0) is 10.4 Å². The number of amides is 1. The molecule has 22 heavy (non-hydrogen) atoms. The fourth-order valence-electron chi connectivity index (χ4n) is 1.87. The first-order valence-corrected chi connectivity index (χ1v) is 7.91. The summed E-state index contributed by atoms with van der Waals surface area (Å²) in [5.41, 5.74) is -1.24. The van der Waals surface area contributed by atoms with Crippen LogP contribution in [0.25, 0.3) is 0 Å². The highest BCUT2D eigenvalue weighted by atomic mass is 32.2. The van der Waals surface area contributed by atoms with Gasteiger partial charge >= 0.3 is 0 Å². The van der Waals surface area contributed by atoms with Crippen molar-refractivity contribution in [1.29, 1.82) is 0 Å². The zero-order chi connectivity index (χ0) is 16.2. The van der Waals surface area contributed by atoms with E-state index in [2.05, 4.69) is 10.3 Å². The summed E-state index contributed by atoms with van der Waals surface area (Å²) < 4.78 is 5.42. The van der Waals surface area contributed by atoms with Crippen LogP contribution in [0.4, 0.5) is 0 Å². The molecule has 0 fully saturated rings. The van der Waals surface area contributed by atoms with Gasteiger partial charge in [-0.1, -0.05) is 17.8 Å². The highest BCUT2D eigenvalue weighted by Crippen LogP contribution is 2.23. The Labute approximate surface area is 134 Å². The van der Waals surface area contributed by atoms with E-state index in [0.29, 0.717) is 5.76 Å². The second kappa shape index (κ2) is 6.98. The second-order valence-corrected chi connectivity index (χ2v) is 6.69. The van der Waals surface area contributed by atoms with Crippen molar-refractivity contribution < 1.29 is 14.3 Å². The Bertz CT molecular complexity index is 625. The molecule has 0 aliphatic heterocycles. The van der Waals surface area contributed by atoms with E-state index in [4.69, 9.17) is 4.42 Å². The van der Waals surface area contributed by atoms with Gasteiger partial charge < -0.3 is 14.8 Å². The predicted molar refractivity (Wildman–Crippen MR) is 85.6 cm³/mol. The zero-order valence-electron chi connectivity index (χ0n) is 12.9. The molecule has 2 rings (SSSR count). The van der Waals surface area contributed by atoms with Gasteiger partial charge in [0.2, 0.25) is 5.91 Å². The molecule has 2 aromatic rings. The van der Waals surface area contributed by atoms with Crippen molar-refractivity contribution in [3.8, 4) is 0 Å². The van der Waals surface area contributed by atoms with Crippen LogP contribution in [0.3, 0.4) is 0 Å². The minimum atomic E-state index is -1.24. The Morgan fingerprint density at radius 3 is 2.82 bits per heavy atom. The largest absolute Gasteiger partial charge is 0.463 e. The van der Waals surface area contributed by atoms with E-state index >= 15 is 0 Å². The van der Waals surface area contributed by atoms with Gasteiger partial charge in [0.1, 0.15) is 17.1 Å². The number of carbonyl (C=O) groups is 1. The van der Waals surface area contributed by atoms with E-state index < -0.39 is 5.60 Å². The smallest absolute Gasteiger partial charge is 0.233 e. The lowest BCUT2D eigenvalue weighted by molar-refractivity contribution is -0.121. The van der Waals surface area contributed by atoms with Gasteiger partial charge in [-0.15, -0.1) is 0 Å². The number of aliphatic hydroxyl groups is 1. The summed E-state index contributed by atoms with van der Waals surface area (Å²) in [4.78, 5) is 16.3. The van der Waals surface area contributed by atoms with Gasteiger partial charge in [0.05, 0.1) is 16.8 Å². The quantitative estimate of drug-likeness (QED) is 0.800. The van der Waals surface area contributed by atoms with Crippen LogP contribution >= 0.6 is 11.8 Å². The minimum Gasteiger partial charge on any atom is -0.463 e. The van der Waals surface area contributed by atoms with Crippen LogP contribution in [0.2, 0.25) is 0 Å². The molecule has 0 bridgehead atoms. The molecule has 0 aliphatic carbocycles. The van der Waals surface area contributed by atoms with Crippen molar-refractivity contribution in [3.63, 3.8) is 0 Å². The lowest BCUT2D eigenvalue weighted by atomic mass is 10.0. The van der Waals surface area contributed by atoms with E-state index in [-0.39, 0.29) is 17.7 Å². The predicted octanol–water partition coefficient (Wildman–Crippen LogP) is 2.49. The average Bonchev–Trinajstić information content (AvgIpc) is 2.93. The summed E-state index contributed by atoms with van der Waals surface area (Å²) in [7, 11) is 0. The molecule has 2 unspecified atom stereocenters. The summed E-state index contributed by atoms with van der Waals surface area (Å²) in [6, 6.07) is 9.07. The Morgan fingerprint density at radius 1 is 1.45 bits per heavy atom. The van der Waals surface area contributed by atoms with Gasteiger partial charge in [-0.2, -0.15) is 0 Å². The Kier molecular flexibility index (Phi) is 5.26. The van der Waals surface area contributed by atoms with E-state index in [0.717, 1.165) is 10.8 Å². The molecule has 2 atom stereocenters. The summed E-state index contributed by atoms with van der Waals surface area (Å²) >= 11 is 1.37. The first kappa shape index (κ1) is 16.6. The molecule has 2 N–H and O–H groups in total. The first-order valence-electron chi connectivity index (χ1n) is 7.03. The average molecular weight is 320 g/mol. The van der Waals surface area contributed by atoms with E-state index in [1.54, 1.807) is 32.2 Å². The third-order valence-electron chi connectivity index (χ3n) is 3.18. The van der Waals surface area contributed by atoms with Crippen molar-refractivity contribution >= 4 is 17.7 Å². The summed E-state index contributed by atoms with van der Waals surface area (Å²) in [6.07, 6.45) is 1.69. The molecule has 0 saturated heterocycles. The van der Waals surface area contributed by atoms with Crippen LogP contribution in [-0.4, -0.2) is 27.8 Å². The van der Waals surface area contributed by atoms with Crippen molar-refractivity contribution in [2.45, 2.75) is 36.6 Å². The van der Waals surface area contributed by atoms with Crippen LogP contribution in [0.1, 0.15) is 25.4 Å². The summed E-state index contributed by atoms with van der Waals surface area (Å²) in [5.74, 6) is 1.01. The molecule has 2 heterocycles. The lowest BCUT2D eigenvalue weighted by Gasteiger charge is -2.22. The number of hydrogen-bond acceptors (Lipinski definition) is 5. The number of aryl methyl sites for hydroxylation is 1. The Hall–Kier alpha value is -1.79. The summed E-state index contributed by atoms with van der Waals surface area (Å²) in [6.45, 7) is 5.32. The highest BCUT2D eigenvalue weighted by Gasteiger charge is 2.28. The fraction of sp³-hybridized carbons (Fsp3) is 0.375. The third kappa shape index (κ3) is 4.35. The minimum absolute atomic E-state index is 0.0892. The number of carbonyl (C=O) groups excluding carboxylic acids is 1. The topological polar surface area (TPSA) is 75.4 Å². The summed E-state index contributed by atoms with van der Waals surface area (Å²) in [5, 5.41) is 13.6. The van der Waals surface area contributed by atoms with Gasteiger partial charge in [0.25, 0.3) is 0 Å². The van der Waals surface area contributed by atoms with Gasteiger partial charge in [0, 0.05) is 6.20 Å². The molecular formula is C16H20N2O3S. The lowest BCUT2D eigenvalue weighted by Crippen LogP contribution is -2.41. The first-order chi connectivity index (χ1) is 10.4. The Morgan fingerprint density at radius 2 is 2.23 bits per heavy atom. The van der Waals surface area contributed by atoms with Crippen LogP contribution < -0.4 is 5.32 Å². The maximum atomic E-state index is 12.1. The van der Waals surface area contributed by atoms with E-state index in [1.807, 2.05) is 25.1 Å². The molecule has 2 aromatic heterocycles. The van der Waals surface area contributed by atoms with E-state index in [9.17, 15) is 9.90 Å². The van der Waals surface area contributed by atoms with Crippen molar-refractivity contribution in [2.75, 3.05) is 6.54 Å². The van der Waals surface area contributed by atoms with Gasteiger partial charge in [-0.05, 0) is 45.0 Å². The van der Waals surface area contributed by atoms with Crippen molar-refractivity contribution in [2.24, 2.45) is 0 Å². The maximum absolute atomic E-state index is 12.1. The van der Waals surface area contributed by atoms with E-state index in [1.165, 1.54) is 11.8 Å². The number of rotatable bonds is 6. The molecule has 0 saturated carbocycles. The third-order valence-corrected chi connectivity index (χ3v) is 4.23. The molecule has 118 valence electrons. The van der Waals surface area contributed by atoms with Gasteiger partial charge in [-0.25, -0.2) is 4.98 Å². The number of nitrogens with one attached hydrogen (secondary N) is 1. The maximum Gasteiger partial charge on any atom is 0.233 e. The number of pyridine rings is 1. The molecule has 0 aromatic carbocycles. The Balaban J connectivity index is 1.89. The molecule has 0 aliphatic rings. The zero-order valence-corrected chi connectivity index (χ0v) is 13.7. The monoisotopic (exact) mass is 320 g/mol. The number of nitrogens with zero attached hydrogens (tertiary/aromatic N) is 1. The number of aromatic nitrogens is 1.